The van der Waals surface area contributed by atoms with Crippen LogP contribution in [0.2, 0.25) is 5.02 Å². The lowest BCUT2D eigenvalue weighted by Crippen LogP contribution is -2.59. The van der Waals surface area contributed by atoms with Crippen LogP contribution in [0.3, 0.4) is 0 Å². The number of aliphatic hydroxyl groups excluding tert-OH is 1. The molecule has 3 heterocycles. The van der Waals surface area contributed by atoms with Gasteiger partial charge in [0.1, 0.15) is 11.6 Å². The second kappa shape index (κ2) is 11.9. The maximum atomic E-state index is 14.4. The van der Waals surface area contributed by atoms with Crippen LogP contribution in [0.1, 0.15) is 32.6 Å². The number of carbonyl (C=O) groups excluding carboxylic acids is 3. The lowest BCUT2D eigenvalue weighted by molar-refractivity contribution is -0.155. The van der Waals surface area contributed by atoms with Crippen LogP contribution in [0, 0.1) is 11.8 Å². The molecule has 3 unspecified atom stereocenters. The number of carbonyl (C=O) groups is 3. The third kappa shape index (κ3) is 4.83. The molecule has 0 aliphatic carbocycles. The number of fused-ring (bicyclic) bond motifs is 1. The number of halogens is 2. The first-order valence-corrected chi connectivity index (χ1v) is 14.2. The van der Waals surface area contributed by atoms with Gasteiger partial charge in [-0.05, 0) is 49.9 Å². The summed E-state index contributed by atoms with van der Waals surface area (Å²) in [5, 5.41) is 10.7. The highest BCUT2D eigenvalue weighted by atomic mass is 79.9. The van der Waals surface area contributed by atoms with Gasteiger partial charge in [-0.1, -0.05) is 46.6 Å². The van der Waals surface area contributed by atoms with E-state index in [-0.39, 0.29) is 36.4 Å². The van der Waals surface area contributed by atoms with E-state index in [2.05, 4.69) is 29.1 Å². The molecule has 1 aromatic carbocycles. The monoisotopic (exact) mass is 608 g/mol. The predicted octanol–water partition coefficient (Wildman–Crippen LogP) is 3.89. The number of rotatable bonds is 12. The number of nitrogens with zero attached hydrogens (tertiary/aromatic N) is 2. The van der Waals surface area contributed by atoms with Crippen molar-refractivity contribution in [3.8, 4) is 0 Å². The van der Waals surface area contributed by atoms with Crippen LogP contribution in [-0.4, -0.2) is 76.2 Å². The van der Waals surface area contributed by atoms with Crippen molar-refractivity contribution in [3.63, 3.8) is 0 Å². The Morgan fingerprint density at radius 3 is 2.66 bits per heavy atom. The van der Waals surface area contributed by atoms with Crippen molar-refractivity contribution < 1.29 is 29.0 Å². The third-order valence-corrected chi connectivity index (χ3v) is 8.92. The third-order valence-electron chi connectivity index (χ3n) is 7.82. The van der Waals surface area contributed by atoms with Crippen LogP contribution in [0.25, 0.3) is 0 Å². The second-order valence-electron chi connectivity index (χ2n) is 9.97. The number of amides is 2. The zero-order valence-corrected chi connectivity index (χ0v) is 23.8. The van der Waals surface area contributed by atoms with Gasteiger partial charge in [0.15, 0.2) is 0 Å². The SMILES string of the molecule is C=CCCCOC(=O)[C@H]1[C@H]2C(=O)N([C@@H](CC)CO)C(C(=O)N(CC=C)c3ccc(Cl)cc3)C23CC(Br)[C@@H]1O3. The molecule has 0 aromatic heterocycles. The van der Waals surface area contributed by atoms with Gasteiger partial charge in [0, 0.05) is 22.1 Å². The molecule has 4 rings (SSSR count). The molecular weight excluding hydrogens is 576 g/mol. The molecule has 7 atom stereocenters. The summed E-state index contributed by atoms with van der Waals surface area (Å²) in [4.78, 5) is 44.6. The molecule has 2 amide bonds. The van der Waals surface area contributed by atoms with E-state index in [4.69, 9.17) is 21.1 Å². The van der Waals surface area contributed by atoms with E-state index in [1.165, 1.54) is 9.80 Å². The van der Waals surface area contributed by atoms with Crippen molar-refractivity contribution in [1.29, 1.82) is 0 Å². The summed E-state index contributed by atoms with van der Waals surface area (Å²) in [7, 11) is 0. The molecule has 2 bridgehead atoms. The molecule has 8 nitrogen and oxygen atoms in total. The average Bonchev–Trinajstić information content (AvgIpc) is 3.50. The highest BCUT2D eigenvalue weighted by molar-refractivity contribution is 9.09. The van der Waals surface area contributed by atoms with Crippen molar-refractivity contribution >= 4 is 51.0 Å². The molecule has 1 aromatic rings. The van der Waals surface area contributed by atoms with Gasteiger partial charge < -0.3 is 24.4 Å². The van der Waals surface area contributed by atoms with Crippen molar-refractivity contribution in [2.75, 3.05) is 24.7 Å². The number of hydrogen-bond donors (Lipinski definition) is 1. The lowest BCUT2D eigenvalue weighted by atomic mass is 9.70. The first-order valence-electron chi connectivity index (χ1n) is 13.0. The fraction of sp³-hybridized carbons (Fsp3) is 0.536. The Bertz CT molecular complexity index is 1080. The minimum Gasteiger partial charge on any atom is -0.465 e. The number of benzene rings is 1. The Kier molecular flexibility index (Phi) is 9.02. The predicted molar refractivity (Wildman–Crippen MR) is 148 cm³/mol. The molecule has 0 radical (unpaired) electrons. The number of allylic oxidation sites excluding steroid dienone is 1. The summed E-state index contributed by atoms with van der Waals surface area (Å²) < 4.78 is 12.1. The Labute approximate surface area is 236 Å². The van der Waals surface area contributed by atoms with Crippen LogP contribution in [-0.2, 0) is 23.9 Å². The summed E-state index contributed by atoms with van der Waals surface area (Å²) in [5.41, 5.74) is -0.656. The van der Waals surface area contributed by atoms with Gasteiger partial charge in [0.2, 0.25) is 5.91 Å². The van der Waals surface area contributed by atoms with E-state index >= 15 is 0 Å². The number of aliphatic hydroxyl groups is 1. The van der Waals surface area contributed by atoms with Gasteiger partial charge in [-0.3, -0.25) is 14.4 Å². The van der Waals surface area contributed by atoms with Crippen molar-refractivity contribution in [2.45, 2.75) is 61.2 Å². The molecule has 3 aliphatic heterocycles. The number of esters is 1. The Morgan fingerprint density at radius 2 is 2.05 bits per heavy atom. The van der Waals surface area contributed by atoms with Crippen LogP contribution in [0.4, 0.5) is 5.69 Å². The average molecular weight is 610 g/mol. The molecule has 1 spiro atoms. The van der Waals surface area contributed by atoms with Gasteiger partial charge in [-0.15, -0.1) is 13.2 Å². The first-order chi connectivity index (χ1) is 18.2. The molecule has 10 heteroatoms. The standard InChI is InChI=1S/C28H34BrClN2O6/c1-4-7-8-14-37-27(36)21-22-25(34)32(18(6-3)16-33)24(28(22)15-20(29)23(21)38-28)26(35)31(13-5-2)19-11-9-17(30)10-12-19/h4-5,9-12,18,20-24,33H,1-2,6-8,13-16H2,3H3/t18-,20?,21-,22-,23-,24?,28?/m0/s1. The molecule has 206 valence electrons. The largest absolute Gasteiger partial charge is 0.465 e. The van der Waals surface area contributed by atoms with Gasteiger partial charge in [0.05, 0.1) is 37.2 Å². The molecule has 3 saturated heterocycles. The van der Waals surface area contributed by atoms with E-state index < -0.39 is 41.6 Å². The van der Waals surface area contributed by atoms with E-state index in [0.717, 1.165) is 0 Å². The van der Waals surface area contributed by atoms with Gasteiger partial charge in [0.25, 0.3) is 5.91 Å². The number of alkyl halides is 1. The summed E-state index contributed by atoms with van der Waals surface area (Å²) in [6, 6.07) is 5.17. The highest BCUT2D eigenvalue weighted by Gasteiger charge is 2.77. The number of anilines is 1. The van der Waals surface area contributed by atoms with E-state index in [1.54, 1.807) is 36.4 Å². The van der Waals surface area contributed by atoms with Gasteiger partial charge >= 0.3 is 5.97 Å². The van der Waals surface area contributed by atoms with Crippen LogP contribution >= 0.6 is 27.5 Å². The molecular formula is C28H34BrClN2O6. The smallest absolute Gasteiger partial charge is 0.312 e. The maximum Gasteiger partial charge on any atom is 0.312 e. The molecule has 1 N–H and O–H groups in total. The van der Waals surface area contributed by atoms with Crippen LogP contribution < -0.4 is 4.90 Å². The van der Waals surface area contributed by atoms with E-state index in [1.807, 2.05) is 6.92 Å². The zero-order valence-electron chi connectivity index (χ0n) is 21.4. The van der Waals surface area contributed by atoms with Crippen molar-refractivity contribution in [2.24, 2.45) is 11.8 Å². The number of unbranched alkanes of at least 4 members (excludes halogenated alkanes) is 1. The first kappa shape index (κ1) is 28.8. The van der Waals surface area contributed by atoms with Gasteiger partial charge in [-0.2, -0.15) is 0 Å². The highest BCUT2D eigenvalue weighted by Crippen LogP contribution is 2.60. The lowest BCUT2D eigenvalue weighted by Gasteiger charge is -2.39. The zero-order chi connectivity index (χ0) is 27.6. The van der Waals surface area contributed by atoms with Crippen LogP contribution in [0.15, 0.2) is 49.6 Å². The summed E-state index contributed by atoms with van der Waals surface area (Å²) >= 11 is 9.74. The molecule has 0 saturated carbocycles. The molecule has 3 fully saturated rings. The van der Waals surface area contributed by atoms with Crippen molar-refractivity contribution in [1.82, 2.24) is 4.90 Å². The summed E-state index contributed by atoms with van der Waals surface area (Å²) in [6.07, 6.45) is 4.88. The molecule has 3 aliphatic rings. The number of likely N-dealkylation sites (tertiary alicyclic amines) is 1. The van der Waals surface area contributed by atoms with E-state index in [0.29, 0.717) is 36.4 Å². The minimum atomic E-state index is -1.24. The quantitative estimate of drug-likeness (QED) is 0.167. The summed E-state index contributed by atoms with van der Waals surface area (Å²) in [6.45, 7) is 9.41. The molecule has 38 heavy (non-hydrogen) atoms. The van der Waals surface area contributed by atoms with E-state index in [9.17, 15) is 19.5 Å². The summed E-state index contributed by atoms with van der Waals surface area (Å²) in [5.74, 6) is -2.99. The maximum absolute atomic E-state index is 14.4. The minimum absolute atomic E-state index is 0.186. The van der Waals surface area contributed by atoms with Gasteiger partial charge in [-0.25, -0.2) is 0 Å². The van der Waals surface area contributed by atoms with Crippen LogP contribution in [0.5, 0.6) is 0 Å². The fourth-order valence-electron chi connectivity index (χ4n) is 6.14. The number of hydrogen-bond acceptors (Lipinski definition) is 6. The Morgan fingerprint density at radius 1 is 1.34 bits per heavy atom. The number of ether oxygens (including phenoxy) is 2. The Hall–Kier alpha value is -2.20. The second-order valence-corrected chi connectivity index (χ2v) is 11.6. The van der Waals surface area contributed by atoms with Crippen molar-refractivity contribution in [3.05, 3.63) is 54.6 Å². The fourth-order valence-corrected chi connectivity index (χ4v) is 7.21. The topological polar surface area (TPSA) is 96.4 Å². The normalized spacial score (nSPS) is 30.2. The Balaban J connectivity index is 1.76.